The quantitative estimate of drug-likeness (QED) is 0.531. The van der Waals surface area contributed by atoms with E-state index in [1.165, 1.54) is 18.4 Å². The number of aromatic hydroxyl groups is 1. The van der Waals surface area contributed by atoms with E-state index in [1.807, 2.05) is 12.1 Å². The lowest BCUT2D eigenvalue weighted by Gasteiger charge is -2.07. The fourth-order valence-corrected chi connectivity index (χ4v) is 2.70. The lowest BCUT2D eigenvalue weighted by atomic mass is 10.0. The summed E-state index contributed by atoms with van der Waals surface area (Å²) in [6.45, 7) is 3.87. The number of hydrogen-bond donors (Lipinski definition) is 1. The molecule has 0 atom stereocenters. The van der Waals surface area contributed by atoms with Crippen LogP contribution in [0.3, 0.4) is 0 Å². The topological polar surface area (TPSA) is 76.7 Å². The number of esters is 1. The summed E-state index contributed by atoms with van der Waals surface area (Å²) in [7, 11) is 0. The van der Waals surface area contributed by atoms with Crippen LogP contribution >= 0.6 is 0 Å². The van der Waals surface area contributed by atoms with Gasteiger partial charge in [-0.3, -0.25) is 9.59 Å². The van der Waals surface area contributed by atoms with Crippen LogP contribution in [0.1, 0.15) is 41.3 Å². The average molecular weight is 352 g/mol. The van der Waals surface area contributed by atoms with E-state index in [4.69, 9.17) is 9.15 Å². The van der Waals surface area contributed by atoms with Crippen LogP contribution < -0.4 is 0 Å². The van der Waals surface area contributed by atoms with Crippen LogP contribution in [-0.2, 0) is 16.0 Å². The third kappa shape index (κ3) is 3.94. The zero-order valence-corrected chi connectivity index (χ0v) is 14.7. The predicted molar refractivity (Wildman–Crippen MR) is 97.4 cm³/mol. The summed E-state index contributed by atoms with van der Waals surface area (Å²) in [5, 5.41) is 10.2. The number of phenols is 1. The molecule has 0 fully saturated rings. The molecular weight excluding hydrogens is 332 g/mol. The first-order chi connectivity index (χ1) is 12.4. The van der Waals surface area contributed by atoms with E-state index in [1.54, 1.807) is 18.2 Å². The van der Waals surface area contributed by atoms with Gasteiger partial charge >= 0.3 is 5.97 Å². The van der Waals surface area contributed by atoms with Gasteiger partial charge in [-0.15, -0.1) is 0 Å². The van der Waals surface area contributed by atoms with Crippen molar-refractivity contribution >= 4 is 22.7 Å². The van der Waals surface area contributed by atoms with Crippen LogP contribution in [-0.4, -0.2) is 23.5 Å². The summed E-state index contributed by atoms with van der Waals surface area (Å²) >= 11 is 0. The molecule has 0 aliphatic carbocycles. The molecule has 5 heteroatoms. The SMILES string of the molecule is CC(C)c1ccc(C(=O)COC(=O)Cc2coc3cc(O)ccc23)cc1. The highest BCUT2D eigenvalue weighted by atomic mass is 16.5. The van der Waals surface area contributed by atoms with E-state index >= 15 is 0 Å². The molecule has 2 aromatic carbocycles. The molecule has 0 saturated heterocycles. The number of benzene rings is 2. The second kappa shape index (κ2) is 7.44. The van der Waals surface area contributed by atoms with Crippen molar-refractivity contribution in [3.63, 3.8) is 0 Å². The van der Waals surface area contributed by atoms with Crippen molar-refractivity contribution in [2.75, 3.05) is 6.61 Å². The molecule has 0 bridgehead atoms. The van der Waals surface area contributed by atoms with Crippen molar-refractivity contribution in [1.82, 2.24) is 0 Å². The molecular formula is C21H20O5. The number of phenolic OH excluding ortho intramolecular Hbond substituents is 1. The standard InChI is InChI=1S/C21H20O5/c1-13(2)14-3-5-15(6-4-14)19(23)12-26-21(24)9-16-11-25-20-10-17(22)7-8-18(16)20/h3-8,10-11,13,22H,9,12H2,1-2H3. The van der Waals surface area contributed by atoms with Gasteiger partial charge in [0.2, 0.25) is 0 Å². The van der Waals surface area contributed by atoms with Crippen LogP contribution in [0.15, 0.2) is 53.1 Å². The fourth-order valence-electron chi connectivity index (χ4n) is 2.70. The number of ketones is 1. The second-order valence-electron chi connectivity index (χ2n) is 6.48. The van der Waals surface area contributed by atoms with Crippen molar-refractivity contribution in [3.05, 3.63) is 65.4 Å². The first-order valence-corrected chi connectivity index (χ1v) is 8.42. The van der Waals surface area contributed by atoms with Crippen molar-refractivity contribution in [2.24, 2.45) is 0 Å². The largest absolute Gasteiger partial charge is 0.508 e. The number of carbonyl (C=O) groups excluding carboxylic acids is 2. The highest BCUT2D eigenvalue weighted by Gasteiger charge is 2.14. The maximum absolute atomic E-state index is 12.2. The minimum absolute atomic E-state index is 0.00264. The molecule has 1 heterocycles. The second-order valence-corrected chi connectivity index (χ2v) is 6.48. The summed E-state index contributed by atoms with van der Waals surface area (Å²) in [5.74, 6) is -0.262. The first-order valence-electron chi connectivity index (χ1n) is 8.42. The predicted octanol–water partition coefficient (Wildman–Crippen LogP) is 4.23. The first kappa shape index (κ1) is 17.7. The fraction of sp³-hybridized carbons (Fsp3) is 0.238. The Hall–Kier alpha value is -3.08. The van der Waals surface area contributed by atoms with Gasteiger partial charge in [0, 0.05) is 22.6 Å². The molecule has 134 valence electrons. The van der Waals surface area contributed by atoms with Crippen LogP contribution in [0.2, 0.25) is 0 Å². The monoisotopic (exact) mass is 352 g/mol. The van der Waals surface area contributed by atoms with Gasteiger partial charge in [-0.05, 0) is 23.6 Å². The van der Waals surface area contributed by atoms with Crippen LogP contribution in [0.4, 0.5) is 0 Å². The number of furan rings is 1. The summed E-state index contributed by atoms with van der Waals surface area (Å²) in [5.41, 5.74) is 2.82. The van der Waals surface area contributed by atoms with E-state index in [0.717, 1.165) is 10.9 Å². The number of hydrogen-bond acceptors (Lipinski definition) is 5. The third-order valence-electron chi connectivity index (χ3n) is 4.24. The molecule has 5 nitrogen and oxygen atoms in total. The van der Waals surface area contributed by atoms with Gasteiger partial charge in [-0.1, -0.05) is 38.1 Å². The average Bonchev–Trinajstić information content (AvgIpc) is 3.01. The number of carbonyl (C=O) groups is 2. The number of rotatable bonds is 6. The van der Waals surface area contributed by atoms with Gasteiger partial charge in [-0.2, -0.15) is 0 Å². The van der Waals surface area contributed by atoms with E-state index in [0.29, 0.717) is 22.6 Å². The van der Waals surface area contributed by atoms with Gasteiger partial charge in [0.1, 0.15) is 11.3 Å². The van der Waals surface area contributed by atoms with E-state index in [2.05, 4.69) is 13.8 Å². The van der Waals surface area contributed by atoms with Crippen molar-refractivity contribution < 1.29 is 23.8 Å². The zero-order chi connectivity index (χ0) is 18.7. The summed E-state index contributed by atoms with van der Waals surface area (Å²) in [6.07, 6.45) is 1.45. The normalized spacial score (nSPS) is 11.0. The highest BCUT2D eigenvalue weighted by Crippen LogP contribution is 2.25. The molecule has 1 aromatic heterocycles. The van der Waals surface area contributed by atoms with E-state index in [9.17, 15) is 14.7 Å². The van der Waals surface area contributed by atoms with Crippen molar-refractivity contribution in [1.29, 1.82) is 0 Å². The molecule has 1 N–H and O–H groups in total. The third-order valence-corrected chi connectivity index (χ3v) is 4.24. The molecule has 3 aromatic rings. The molecule has 0 saturated carbocycles. The summed E-state index contributed by atoms with van der Waals surface area (Å²) < 4.78 is 10.4. The maximum Gasteiger partial charge on any atom is 0.310 e. The molecule has 26 heavy (non-hydrogen) atoms. The van der Waals surface area contributed by atoms with E-state index in [-0.39, 0.29) is 24.6 Å². The maximum atomic E-state index is 12.2. The van der Waals surface area contributed by atoms with Crippen molar-refractivity contribution in [3.8, 4) is 5.75 Å². The Morgan fingerprint density at radius 3 is 2.54 bits per heavy atom. The molecule has 0 aliphatic rings. The van der Waals surface area contributed by atoms with Gasteiger partial charge in [0.25, 0.3) is 0 Å². The van der Waals surface area contributed by atoms with Gasteiger partial charge in [0.15, 0.2) is 12.4 Å². The summed E-state index contributed by atoms with van der Waals surface area (Å²) in [4.78, 5) is 24.2. The Balaban J connectivity index is 1.58. The Bertz CT molecular complexity index is 935. The minimum atomic E-state index is -0.507. The molecule has 0 aliphatic heterocycles. The minimum Gasteiger partial charge on any atom is -0.508 e. The Morgan fingerprint density at radius 1 is 1.12 bits per heavy atom. The lowest BCUT2D eigenvalue weighted by molar-refractivity contribution is -0.141. The smallest absolute Gasteiger partial charge is 0.310 e. The summed E-state index contributed by atoms with van der Waals surface area (Å²) in [6, 6.07) is 12.0. The Morgan fingerprint density at radius 2 is 1.85 bits per heavy atom. The van der Waals surface area contributed by atoms with E-state index < -0.39 is 5.97 Å². The molecule has 0 radical (unpaired) electrons. The Labute approximate surface area is 151 Å². The van der Waals surface area contributed by atoms with Crippen molar-refractivity contribution in [2.45, 2.75) is 26.2 Å². The highest BCUT2D eigenvalue weighted by molar-refractivity contribution is 5.98. The Kier molecular flexibility index (Phi) is 5.07. The number of ether oxygens (including phenoxy) is 1. The molecule has 0 spiro atoms. The van der Waals surface area contributed by atoms with Crippen LogP contribution in [0.25, 0.3) is 11.0 Å². The zero-order valence-electron chi connectivity index (χ0n) is 14.7. The van der Waals surface area contributed by atoms with Crippen LogP contribution in [0.5, 0.6) is 5.75 Å². The molecule has 3 rings (SSSR count). The molecule has 0 unspecified atom stereocenters. The van der Waals surface area contributed by atoms with Gasteiger partial charge < -0.3 is 14.3 Å². The number of fused-ring (bicyclic) bond motifs is 1. The van der Waals surface area contributed by atoms with Crippen LogP contribution in [0, 0.1) is 0 Å². The number of Topliss-reactive ketones (excluding diaryl/α,β-unsaturated/α-hetero) is 1. The van der Waals surface area contributed by atoms with Gasteiger partial charge in [0.05, 0.1) is 12.7 Å². The van der Waals surface area contributed by atoms with Gasteiger partial charge in [-0.25, -0.2) is 0 Å². The lowest BCUT2D eigenvalue weighted by Crippen LogP contribution is -2.15. The molecule has 0 amide bonds.